The van der Waals surface area contributed by atoms with Crippen LogP contribution in [0.15, 0.2) is 36.4 Å². The summed E-state index contributed by atoms with van der Waals surface area (Å²) in [4.78, 5) is 23.8. The maximum Gasteiger partial charge on any atom is 0.271 e. The molecule has 0 bridgehead atoms. The molecule has 128 valence electrons. The number of para-hydroxylation sites is 1. The first-order valence-corrected chi connectivity index (χ1v) is 7.56. The fourth-order valence-electron chi connectivity index (χ4n) is 2.09. The number of methoxy groups -OCH3 is 1. The normalized spacial score (nSPS) is 10.5. The van der Waals surface area contributed by atoms with Crippen molar-refractivity contribution in [2.24, 2.45) is 5.73 Å². The third-order valence-corrected chi connectivity index (χ3v) is 3.27. The number of hydrogen-bond acceptors (Lipinski definition) is 5. The minimum absolute atomic E-state index is 0.143. The third-order valence-electron chi connectivity index (χ3n) is 3.27. The summed E-state index contributed by atoms with van der Waals surface area (Å²) in [7, 11) is 1.63. The van der Waals surface area contributed by atoms with Crippen molar-refractivity contribution >= 4 is 11.8 Å². The molecule has 0 saturated heterocycles. The smallest absolute Gasteiger partial charge is 0.271 e. The number of primary amides is 1. The van der Waals surface area contributed by atoms with Crippen LogP contribution >= 0.6 is 0 Å². The molecule has 0 radical (unpaired) electrons. The van der Waals surface area contributed by atoms with Gasteiger partial charge in [-0.25, -0.2) is 4.68 Å². The average molecular weight is 331 g/mol. The zero-order valence-corrected chi connectivity index (χ0v) is 13.5. The maximum atomic E-state index is 12.2. The summed E-state index contributed by atoms with van der Waals surface area (Å²) in [6.45, 7) is 2.36. The molecular weight excluding hydrogens is 310 g/mol. The predicted molar refractivity (Wildman–Crippen MR) is 89.2 cm³/mol. The highest BCUT2D eigenvalue weighted by Gasteiger charge is 2.18. The number of amides is 2. The van der Waals surface area contributed by atoms with Crippen LogP contribution in [0.2, 0.25) is 0 Å². The fourth-order valence-corrected chi connectivity index (χ4v) is 2.09. The SMILES string of the molecule is COCCNCCNC(=O)c1cc(C(N)=O)n(-c2ccccc2)n1. The van der Waals surface area contributed by atoms with Crippen LogP contribution in [0.4, 0.5) is 0 Å². The number of benzene rings is 1. The van der Waals surface area contributed by atoms with Crippen molar-refractivity contribution < 1.29 is 14.3 Å². The molecule has 2 rings (SSSR count). The zero-order valence-electron chi connectivity index (χ0n) is 13.5. The summed E-state index contributed by atoms with van der Waals surface area (Å²) in [5, 5.41) is 10.0. The van der Waals surface area contributed by atoms with Gasteiger partial charge in [-0.1, -0.05) is 18.2 Å². The minimum Gasteiger partial charge on any atom is -0.383 e. The van der Waals surface area contributed by atoms with Crippen LogP contribution in [0.25, 0.3) is 5.69 Å². The Labute approximate surface area is 140 Å². The van der Waals surface area contributed by atoms with Crippen molar-refractivity contribution in [3.05, 3.63) is 47.8 Å². The lowest BCUT2D eigenvalue weighted by Gasteiger charge is -2.05. The van der Waals surface area contributed by atoms with E-state index >= 15 is 0 Å². The van der Waals surface area contributed by atoms with Gasteiger partial charge >= 0.3 is 0 Å². The number of hydrogen-bond donors (Lipinski definition) is 3. The van der Waals surface area contributed by atoms with E-state index < -0.39 is 5.91 Å². The van der Waals surface area contributed by atoms with Gasteiger partial charge in [0.2, 0.25) is 0 Å². The van der Waals surface area contributed by atoms with Crippen molar-refractivity contribution in [1.29, 1.82) is 0 Å². The van der Waals surface area contributed by atoms with Crippen LogP contribution in [-0.4, -0.2) is 54.9 Å². The van der Waals surface area contributed by atoms with E-state index in [1.54, 1.807) is 19.2 Å². The van der Waals surface area contributed by atoms with Gasteiger partial charge in [0.05, 0.1) is 12.3 Å². The first-order chi connectivity index (χ1) is 11.6. The molecule has 24 heavy (non-hydrogen) atoms. The number of nitrogens with one attached hydrogen (secondary N) is 2. The van der Waals surface area contributed by atoms with Gasteiger partial charge in [-0.2, -0.15) is 5.10 Å². The van der Waals surface area contributed by atoms with E-state index in [-0.39, 0.29) is 17.3 Å². The zero-order chi connectivity index (χ0) is 17.4. The van der Waals surface area contributed by atoms with Crippen LogP contribution in [-0.2, 0) is 4.74 Å². The number of nitrogens with two attached hydrogens (primary N) is 1. The van der Waals surface area contributed by atoms with Crippen molar-refractivity contribution in [2.45, 2.75) is 0 Å². The van der Waals surface area contributed by atoms with Gasteiger partial charge < -0.3 is 21.1 Å². The Morgan fingerprint density at radius 2 is 1.96 bits per heavy atom. The fraction of sp³-hybridized carbons (Fsp3) is 0.312. The first kappa shape index (κ1) is 17.6. The molecule has 0 aliphatic rings. The van der Waals surface area contributed by atoms with Crippen LogP contribution in [0.1, 0.15) is 21.0 Å². The lowest BCUT2D eigenvalue weighted by molar-refractivity contribution is 0.0947. The van der Waals surface area contributed by atoms with Gasteiger partial charge in [0.25, 0.3) is 11.8 Å². The molecule has 0 saturated carbocycles. The number of aromatic nitrogens is 2. The summed E-state index contributed by atoms with van der Waals surface area (Å²) in [5.41, 5.74) is 6.34. The maximum absolute atomic E-state index is 12.2. The largest absolute Gasteiger partial charge is 0.383 e. The van der Waals surface area contributed by atoms with Crippen molar-refractivity contribution in [3.8, 4) is 5.69 Å². The molecule has 0 spiro atoms. The minimum atomic E-state index is -0.647. The molecule has 1 aromatic heterocycles. The van der Waals surface area contributed by atoms with E-state index in [1.807, 2.05) is 18.2 Å². The van der Waals surface area contributed by atoms with Gasteiger partial charge in [0.15, 0.2) is 5.69 Å². The predicted octanol–water partition coefficient (Wildman–Crippen LogP) is -0.0630. The van der Waals surface area contributed by atoms with Crippen molar-refractivity contribution in [3.63, 3.8) is 0 Å². The highest BCUT2D eigenvalue weighted by atomic mass is 16.5. The Morgan fingerprint density at radius 3 is 2.62 bits per heavy atom. The first-order valence-electron chi connectivity index (χ1n) is 7.56. The second-order valence-electron chi connectivity index (χ2n) is 5.03. The molecule has 0 fully saturated rings. The van der Waals surface area contributed by atoms with E-state index in [4.69, 9.17) is 10.5 Å². The highest BCUT2D eigenvalue weighted by molar-refractivity contribution is 5.97. The Morgan fingerprint density at radius 1 is 1.21 bits per heavy atom. The lowest BCUT2D eigenvalue weighted by Crippen LogP contribution is -2.33. The van der Waals surface area contributed by atoms with Gasteiger partial charge in [-0.3, -0.25) is 9.59 Å². The molecule has 4 N–H and O–H groups in total. The average Bonchev–Trinajstić information content (AvgIpc) is 3.04. The van der Waals surface area contributed by atoms with E-state index in [9.17, 15) is 9.59 Å². The number of carbonyl (C=O) groups is 2. The van der Waals surface area contributed by atoms with Gasteiger partial charge in [-0.05, 0) is 12.1 Å². The van der Waals surface area contributed by atoms with Crippen LogP contribution in [0.5, 0.6) is 0 Å². The van der Waals surface area contributed by atoms with E-state index in [2.05, 4.69) is 15.7 Å². The van der Waals surface area contributed by atoms with Gasteiger partial charge in [0, 0.05) is 32.8 Å². The van der Waals surface area contributed by atoms with Crippen LogP contribution < -0.4 is 16.4 Å². The van der Waals surface area contributed by atoms with Crippen molar-refractivity contribution in [1.82, 2.24) is 20.4 Å². The van der Waals surface area contributed by atoms with Crippen LogP contribution in [0, 0.1) is 0 Å². The molecule has 0 aliphatic carbocycles. The summed E-state index contributed by atoms with van der Waals surface area (Å²) in [6, 6.07) is 10.4. The Bertz CT molecular complexity index is 684. The van der Waals surface area contributed by atoms with E-state index in [0.717, 1.165) is 0 Å². The quantitative estimate of drug-likeness (QED) is 0.557. The standard InChI is InChI=1S/C16H21N5O3/c1-24-10-9-18-7-8-19-16(23)13-11-14(15(17)22)21(20-13)12-5-3-2-4-6-12/h2-6,11,18H,7-10H2,1H3,(H2,17,22)(H,19,23). The number of nitrogens with zero attached hydrogens (tertiary/aromatic N) is 2. The van der Waals surface area contributed by atoms with Gasteiger partial charge in [-0.15, -0.1) is 0 Å². The molecule has 0 unspecified atom stereocenters. The topological polar surface area (TPSA) is 111 Å². The number of carbonyl (C=O) groups excluding carboxylic acids is 2. The molecule has 0 aliphatic heterocycles. The molecule has 8 heteroatoms. The molecule has 2 aromatic rings. The second kappa shape index (κ2) is 8.80. The third kappa shape index (κ3) is 4.64. The number of ether oxygens (including phenoxy) is 1. The molecule has 8 nitrogen and oxygen atoms in total. The van der Waals surface area contributed by atoms with Crippen molar-refractivity contribution in [2.75, 3.05) is 33.4 Å². The van der Waals surface area contributed by atoms with E-state index in [0.29, 0.717) is 31.9 Å². The summed E-state index contributed by atoms with van der Waals surface area (Å²) in [6.07, 6.45) is 0. The summed E-state index contributed by atoms with van der Waals surface area (Å²) >= 11 is 0. The Hall–Kier alpha value is -2.71. The lowest BCUT2D eigenvalue weighted by atomic mass is 10.3. The van der Waals surface area contributed by atoms with Gasteiger partial charge in [0.1, 0.15) is 5.69 Å². The summed E-state index contributed by atoms with van der Waals surface area (Å²) < 4.78 is 6.28. The summed E-state index contributed by atoms with van der Waals surface area (Å²) in [5.74, 6) is -1.01. The Balaban J connectivity index is 2.03. The number of rotatable bonds is 9. The molecule has 0 atom stereocenters. The molecule has 2 amide bonds. The second-order valence-corrected chi connectivity index (χ2v) is 5.03. The molecule has 1 aromatic carbocycles. The highest BCUT2D eigenvalue weighted by Crippen LogP contribution is 2.12. The van der Waals surface area contributed by atoms with Crippen LogP contribution in [0.3, 0.4) is 0 Å². The molecule has 1 heterocycles. The molecular formula is C16H21N5O3. The monoisotopic (exact) mass is 331 g/mol. The van der Waals surface area contributed by atoms with E-state index in [1.165, 1.54) is 10.7 Å². The Kier molecular flexibility index (Phi) is 6.47.